The van der Waals surface area contributed by atoms with Crippen LogP contribution in [0.1, 0.15) is 87.3 Å². The van der Waals surface area contributed by atoms with Gasteiger partial charge >= 0.3 is 5.97 Å². The van der Waals surface area contributed by atoms with E-state index >= 15 is 0 Å². The third-order valence-electron chi connectivity index (χ3n) is 12.4. The van der Waals surface area contributed by atoms with Crippen LogP contribution in [0.5, 0.6) is 0 Å². The number of nitrogens with one attached hydrogen (secondary N) is 1. The molecule has 2 aromatic rings. The van der Waals surface area contributed by atoms with E-state index in [1.54, 1.807) is 25.1 Å². The van der Waals surface area contributed by atoms with Crippen LogP contribution in [0.4, 0.5) is 0 Å². The number of carbonyl (C=O) groups is 3. The Morgan fingerprint density at radius 2 is 1.98 bits per heavy atom. The third kappa shape index (κ3) is 5.03. The third-order valence-corrected chi connectivity index (χ3v) is 14.5. The monoisotopic (exact) mass is 681 g/mol. The molecule has 1 aromatic heterocycles. The fraction of sp³-hybridized carbons (Fsp3) is 0.600. The first kappa shape index (κ1) is 32.6. The van der Waals surface area contributed by atoms with Crippen LogP contribution in [0.15, 0.2) is 36.0 Å². The highest BCUT2D eigenvalue weighted by Crippen LogP contribution is 2.68. The van der Waals surface area contributed by atoms with Crippen LogP contribution >= 0.6 is 12.6 Å². The minimum absolute atomic E-state index is 0.0313. The molecule has 3 saturated carbocycles. The standard InChI is InChI=1S/C35H43N3O7S2/c1-4-29(40)45-35(32(42)46)12-10-26-25-9-8-22-15-27-21(16-33(22,2)30(25)28(39)17-34(26,35)3)18-36-38(27)24-7-5-6-20(14-24)31(41)37-23-11-13-47(43,44)19-23/h5-7,14-15,18,23,25-26,28,30,39H,4,8-13,16-17,19H2,1-3H3,(H,37,41)(H,42,46)/t23?,25-,26?,28-,30?,33-,34-,35-/m0/s1. The zero-order chi connectivity index (χ0) is 33.5. The average Bonchev–Trinajstić information content (AvgIpc) is 3.67. The molecule has 2 N–H and O–H groups in total. The van der Waals surface area contributed by atoms with Crippen molar-refractivity contribution in [1.82, 2.24) is 15.1 Å². The van der Waals surface area contributed by atoms with Gasteiger partial charge in [-0.25, -0.2) is 13.1 Å². The zero-order valence-electron chi connectivity index (χ0n) is 27.1. The fourth-order valence-corrected chi connectivity index (χ4v) is 12.3. The largest absolute Gasteiger partial charge is 0.449 e. The molecule has 10 nitrogen and oxygen atoms in total. The highest BCUT2D eigenvalue weighted by atomic mass is 32.2. The Kier molecular flexibility index (Phi) is 7.83. The number of allylic oxidation sites excluding steroid dienone is 1. The number of esters is 1. The van der Waals surface area contributed by atoms with Gasteiger partial charge in [0.05, 0.1) is 35.2 Å². The summed E-state index contributed by atoms with van der Waals surface area (Å²) < 4.78 is 31.5. The summed E-state index contributed by atoms with van der Waals surface area (Å²) in [5.74, 6) is -0.435. The number of benzene rings is 1. The molecule has 4 aliphatic carbocycles. The minimum atomic E-state index is -3.11. The molecule has 1 aromatic carbocycles. The van der Waals surface area contributed by atoms with Crippen molar-refractivity contribution in [3.8, 4) is 5.69 Å². The quantitative estimate of drug-likeness (QED) is 0.306. The lowest BCUT2D eigenvalue weighted by atomic mass is 9.45. The smallest absolute Gasteiger partial charge is 0.306 e. The molecule has 0 radical (unpaired) electrons. The maximum Gasteiger partial charge on any atom is 0.306 e. The van der Waals surface area contributed by atoms with E-state index < -0.39 is 38.0 Å². The molecule has 5 aliphatic rings. The lowest BCUT2D eigenvalue weighted by Gasteiger charge is -2.60. The first-order valence-corrected chi connectivity index (χ1v) is 19.0. The van der Waals surface area contributed by atoms with Crippen molar-refractivity contribution >= 4 is 45.5 Å². The van der Waals surface area contributed by atoms with Crippen LogP contribution < -0.4 is 5.32 Å². The number of hydrogen-bond donors (Lipinski definition) is 3. The van der Waals surface area contributed by atoms with E-state index in [4.69, 9.17) is 9.84 Å². The van der Waals surface area contributed by atoms with Crippen molar-refractivity contribution < 1.29 is 32.6 Å². The lowest BCUT2D eigenvalue weighted by molar-refractivity contribution is -0.196. The number of carbonyl (C=O) groups excluding carboxylic acids is 3. The highest BCUT2D eigenvalue weighted by molar-refractivity contribution is 7.96. The number of fused-ring (bicyclic) bond motifs is 6. The Bertz CT molecular complexity index is 1800. The predicted octanol–water partition coefficient (Wildman–Crippen LogP) is 4.09. The van der Waals surface area contributed by atoms with Gasteiger partial charge in [-0.15, -0.1) is 12.6 Å². The van der Waals surface area contributed by atoms with Gasteiger partial charge in [0.25, 0.3) is 5.91 Å². The maximum absolute atomic E-state index is 13.1. The van der Waals surface area contributed by atoms with E-state index in [9.17, 15) is 27.9 Å². The molecule has 1 aliphatic heterocycles. The van der Waals surface area contributed by atoms with Gasteiger partial charge in [0.15, 0.2) is 15.4 Å². The van der Waals surface area contributed by atoms with Crippen molar-refractivity contribution in [2.45, 2.75) is 89.9 Å². The predicted molar refractivity (Wildman–Crippen MR) is 179 cm³/mol. The van der Waals surface area contributed by atoms with Crippen molar-refractivity contribution in [3.63, 3.8) is 0 Å². The molecule has 47 heavy (non-hydrogen) atoms. The average molecular weight is 682 g/mol. The Morgan fingerprint density at radius 3 is 2.68 bits per heavy atom. The number of rotatable bonds is 6. The van der Waals surface area contributed by atoms with Gasteiger partial charge in [-0.3, -0.25) is 14.4 Å². The Hall–Kier alpha value is -2.96. The second-order valence-corrected chi connectivity index (χ2v) is 17.5. The molecule has 12 heteroatoms. The number of sulfone groups is 1. The molecule has 8 atom stereocenters. The molecule has 252 valence electrons. The number of aliphatic hydroxyl groups is 1. The van der Waals surface area contributed by atoms with E-state index in [1.165, 1.54) is 5.57 Å². The summed E-state index contributed by atoms with van der Waals surface area (Å²) in [5.41, 5.74) is 2.10. The summed E-state index contributed by atoms with van der Waals surface area (Å²) in [4.78, 5) is 38.7. The molecule has 3 unspecified atom stereocenters. The van der Waals surface area contributed by atoms with E-state index in [-0.39, 0.29) is 53.0 Å². The van der Waals surface area contributed by atoms with Gasteiger partial charge in [0.1, 0.15) is 0 Å². The number of nitrogens with zero attached hydrogens (tertiary/aromatic N) is 2. The summed E-state index contributed by atoms with van der Waals surface area (Å²) >= 11 is 4.25. The number of hydrogen-bond acceptors (Lipinski definition) is 8. The van der Waals surface area contributed by atoms with Crippen LogP contribution in [0.3, 0.4) is 0 Å². The normalized spacial score (nSPS) is 36.7. The number of aromatic nitrogens is 2. The number of aliphatic hydroxyl groups excluding tert-OH is 1. The minimum Gasteiger partial charge on any atom is -0.449 e. The summed E-state index contributed by atoms with van der Waals surface area (Å²) in [5, 5.41) is 19.2. The SMILES string of the molecule is CCC(=O)O[C@]1(C(=O)S)CCC2[C@@H]3CCC4=Cc5c(cnn5-c5cccc(C(=O)NC6CCS(=O)(=O)C6)c5)C[C@]4(C)C3[C@@H](O)C[C@@]21C. The summed E-state index contributed by atoms with van der Waals surface area (Å²) in [6, 6.07) is 6.82. The van der Waals surface area contributed by atoms with Crippen LogP contribution in [-0.4, -0.2) is 69.5 Å². The van der Waals surface area contributed by atoms with E-state index in [2.05, 4.69) is 30.9 Å². The number of ether oxygens (including phenoxy) is 1. The summed E-state index contributed by atoms with van der Waals surface area (Å²) in [6.45, 7) is 5.98. The van der Waals surface area contributed by atoms with Gasteiger partial charge in [-0.2, -0.15) is 5.10 Å². The Labute approximate surface area is 281 Å². The summed E-state index contributed by atoms with van der Waals surface area (Å²) in [7, 11) is -3.11. The number of thiol groups is 1. The van der Waals surface area contributed by atoms with E-state index in [1.807, 2.05) is 23.9 Å². The Morgan fingerprint density at radius 1 is 1.19 bits per heavy atom. The molecule has 1 amide bonds. The first-order valence-electron chi connectivity index (χ1n) is 16.7. The Balaban J connectivity index is 1.16. The van der Waals surface area contributed by atoms with Gasteiger partial charge in [-0.1, -0.05) is 32.4 Å². The van der Waals surface area contributed by atoms with Crippen LogP contribution in [0.25, 0.3) is 11.8 Å². The molecule has 2 heterocycles. The highest BCUT2D eigenvalue weighted by Gasteiger charge is 2.70. The molecule has 0 spiro atoms. The summed E-state index contributed by atoms with van der Waals surface area (Å²) in [6.07, 6.45) is 7.90. The van der Waals surface area contributed by atoms with E-state index in [0.717, 1.165) is 36.2 Å². The van der Waals surface area contributed by atoms with Crippen LogP contribution in [0.2, 0.25) is 0 Å². The first-order chi connectivity index (χ1) is 22.2. The topological polar surface area (TPSA) is 145 Å². The van der Waals surface area contributed by atoms with Gasteiger partial charge < -0.3 is 15.2 Å². The van der Waals surface area contributed by atoms with E-state index in [0.29, 0.717) is 31.2 Å². The van der Waals surface area contributed by atoms with Crippen molar-refractivity contribution in [1.29, 1.82) is 0 Å². The van der Waals surface area contributed by atoms with Gasteiger partial charge in [0, 0.05) is 23.4 Å². The number of amides is 1. The second-order valence-electron chi connectivity index (χ2n) is 14.9. The fourth-order valence-electron chi connectivity index (χ4n) is 10.2. The van der Waals surface area contributed by atoms with Crippen molar-refractivity contribution in [2.75, 3.05) is 11.5 Å². The molecular weight excluding hydrogens is 639 g/mol. The molecular formula is C35H43N3O7S2. The second kappa shape index (κ2) is 11.3. The van der Waals surface area contributed by atoms with Crippen LogP contribution in [0, 0.1) is 28.6 Å². The lowest BCUT2D eigenvalue weighted by Crippen LogP contribution is -2.62. The molecule has 1 saturated heterocycles. The van der Waals surface area contributed by atoms with Gasteiger partial charge in [0.2, 0.25) is 5.12 Å². The van der Waals surface area contributed by atoms with Crippen LogP contribution in [-0.2, 0) is 30.6 Å². The molecule has 4 fully saturated rings. The zero-order valence-corrected chi connectivity index (χ0v) is 28.8. The van der Waals surface area contributed by atoms with Crippen molar-refractivity contribution in [2.24, 2.45) is 28.6 Å². The van der Waals surface area contributed by atoms with Crippen molar-refractivity contribution in [3.05, 3.63) is 52.9 Å². The molecule has 7 rings (SSSR count). The maximum atomic E-state index is 13.1. The molecule has 0 bridgehead atoms. The van der Waals surface area contributed by atoms with Gasteiger partial charge in [-0.05, 0) is 98.0 Å².